The number of aryl methyl sites for hydroxylation is 1. The van der Waals surface area contributed by atoms with E-state index in [1.165, 1.54) is 11.1 Å². The van der Waals surface area contributed by atoms with Crippen LogP contribution in [0.15, 0.2) is 67.3 Å². The highest BCUT2D eigenvalue weighted by Gasteiger charge is 2.62. The van der Waals surface area contributed by atoms with Gasteiger partial charge < -0.3 is 19.3 Å². The summed E-state index contributed by atoms with van der Waals surface area (Å²) < 4.78 is 13.1. The molecule has 4 rings (SSSR count). The highest BCUT2D eigenvalue weighted by Crippen LogP contribution is 2.54. The predicted molar refractivity (Wildman–Crippen MR) is 154 cm³/mol. The van der Waals surface area contributed by atoms with E-state index in [4.69, 9.17) is 9.47 Å². The van der Waals surface area contributed by atoms with E-state index >= 15 is 0 Å². The largest absolute Gasteiger partial charge is 0.497 e. The van der Waals surface area contributed by atoms with E-state index in [9.17, 15) is 4.79 Å². The Morgan fingerprint density at radius 3 is 2.66 bits per heavy atom. The molecule has 1 aliphatic heterocycles. The molecule has 1 saturated heterocycles. The number of benzene rings is 2. The van der Waals surface area contributed by atoms with Gasteiger partial charge in [0.15, 0.2) is 0 Å². The number of carbonyl (C=O) groups is 1. The third kappa shape index (κ3) is 6.16. The van der Waals surface area contributed by atoms with Gasteiger partial charge >= 0.3 is 0 Å². The number of methoxy groups -OCH3 is 2. The Balaban J connectivity index is 1.44. The van der Waals surface area contributed by atoms with Gasteiger partial charge in [0.05, 0.1) is 27.2 Å². The van der Waals surface area contributed by atoms with E-state index in [0.717, 1.165) is 81.2 Å². The van der Waals surface area contributed by atoms with Crippen molar-refractivity contribution in [2.75, 3.05) is 40.9 Å². The van der Waals surface area contributed by atoms with Crippen LogP contribution >= 0.6 is 0 Å². The molecule has 1 N–H and O–H groups in total. The summed E-state index contributed by atoms with van der Waals surface area (Å²) in [6, 6.07) is 19.3. The maximum atomic E-state index is 13.0. The lowest BCUT2D eigenvalue weighted by Crippen LogP contribution is -2.72. The normalized spacial score (nSPS) is 28.8. The van der Waals surface area contributed by atoms with Crippen LogP contribution in [0.4, 0.5) is 0 Å². The number of hydrogen-bond acceptors (Lipinski definition) is 3. The summed E-state index contributed by atoms with van der Waals surface area (Å²) >= 11 is 0. The van der Waals surface area contributed by atoms with Crippen LogP contribution in [0.25, 0.3) is 0 Å². The first-order valence-corrected chi connectivity index (χ1v) is 14.3. The van der Waals surface area contributed by atoms with Crippen molar-refractivity contribution in [3.63, 3.8) is 0 Å². The minimum atomic E-state index is -0.298. The van der Waals surface area contributed by atoms with Crippen LogP contribution in [0.2, 0.25) is 0 Å². The first-order chi connectivity index (χ1) is 18.4. The second-order valence-corrected chi connectivity index (χ2v) is 11.8. The second-order valence-electron chi connectivity index (χ2n) is 11.8. The van der Waals surface area contributed by atoms with Crippen molar-refractivity contribution in [2.24, 2.45) is 0 Å². The monoisotopic (exact) mass is 519 g/mol. The average molecular weight is 520 g/mol. The highest BCUT2D eigenvalue weighted by molar-refractivity contribution is 5.76. The molecular weight excluding hydrogens is 472 g/mol. The molecule has 0 spiro atoms. The second kappa shape index (κ2) is 12.5. The lowest BCUT2D eigenvalue weighted by atomic mass is 9.54. The summed E-state index contributed by atoms with van der Waals surface area (Å²) in [6.07, 6.45) is 10.6. The quantitative estimate of drug-likeness (QED) is 0.218. The van der Waals surface area contributed by atoms with Crippen molar-refractivity contribution in [2.45, 2.75) is 74.8 Å². The number of hydrogen-bond donors (Lipinski definition) is 1. The lowest BCUT2D eigenvalue weighted by Gasteiger charge is -2.61. The number of fused-ring (bicyclic) bond motifs is 1. The number of carbonyl (C=O) groups excluding carboxylic acids is 1. The molecule has 0 radical (unpaired) electrons. The Hall–Kier alpha value is -2.63. The van der Waals surface area contributed by atoms with E-state index < -0.39 is 0 Å². The molecule has 2 aromatic carbocycles. The summed E-state index contributed by atoms with van der Waals surface area (Å²) in [5.41, 5.74) is 2.16. The van der Waals surface area contributed by atoms with Crippen molar-refractivity contribution < 1.29 is 18.8 Å². The highest BCUT2D eigenvalue weighted by atomic mass is 16.5. The third-order valence-electron chi connectivity index (χ3n) is 9.24. The number of piperidine rings is 1. The van der Waals surface area contributed by atoms with Crippen LogP contribution in [-0.4, -0.2) is 62.9 Å². The van der Waals surface area contributed by atoms with E-state index in [1.54, 1.807) is 7.11 Å². The van der Waals surface area contributed by atoms with Gasteiger partial charge in [0.2, 0.25) is 5.91 Å². The Bertz CT molecular complexity index is 1070. The van der Waals surface area contributed by atoms with Gasteiger partial charge in [-0.1, -0.05) is 55.5 Å². The Morgan fingerprint density at radius 2 is 1.92 bits per heavy atom. The van der Waals surface area contributed by atoms with Crippen molar-refractivity contribution in [3.05, 3.63) is 78.4 Å². The molecule has 4 atom stereocenters. The first-order valence-electron chi connectivity index (χ1n) is 14.3. The van der Waals surface area contributed by atoms with E-state index in [1.807, 2.05) is 19.3 Å². The Morgan fingerprint density at radius 1 is 1.11 bits per heavy atom. The molecule has 2 fully saturated rings. The van der Waals surface area contributed by atoms with Gasteiger partial charge in [-0.3, -0.25) is 4.79 Å². The molecule has 0 bridgehead atoms. The number of quaternary nitrogens is 1. The minimum absolute atomic E-state index is 0.151. The van der Waals surface area contributed by atoms with E-state index in [-0.39, 0.29) is 23.0 Å². The fourth-order valence-electron chi connectivity index (χ4n) is 7.21. The molecule has 2 aliphatic rings. The van der Waals surface area contributed by atoms with E-state index in [0.29, 0.717) is 6.42 Å². The number of rotatable bonds is 12. The number of likely N-dealkylation sites (tertiary alicyclic amines) is 1. The molecule has 1 heterocycles. The van der Waals surface area contributed by atoms with Gasteiger partial charge in [0.1, 0.15) is 17.9 Å². The van der Waals surface area contributed by atoms with Crippen LogP contribution in [0, 0.1) is 0 Å². The molecule has 5 nitrogen and oxygen atoms in total. The van der Waals surface area contributed by atoms with Gasteiger partial charge in [-0.25, -0.2) is 0 Å². The van der Waals surface area contributed by atoms with Crippen LogP contribution in [0.3, 0.4) is 0 Å². The van der Waals surface area contributed by atoms with Gasteiger partial charge in [0.25, 0.3) is 0 Å². The zero-order valence-corrected chi connectivity index (χ0v) is 23.7. The smallest absolute Gasteiger partial charge is 0.220 e. The minimum Gasteiger partial charge on any atom is -0.497 e. The third-order valence-corrected chi connectivity index (χ3v) is 9.24. The number of amides is 1. The summed E-state index contributed by atoms with van der Waals surface area (Å²) in [6.45, 7) is 6.95. The van der Waals surface area contributed by atoms with Gasteiger partial charge in [-0.05, 0) is 67.9 Å². The fourth-order valence-corrected chi connectivity index (χ4v) is 7.21. The van der Waals surface area contributed by atoms with E-state index in [2.05, 4.69) is 67.5 Å². The number of nitrogens with zero attached hydrogens (tertiary/aromatic N) is 1. The average Bonchev–Trinajstić information content (AvgIpc) is 2.93. The maximum Gasteiger partial charge on any atom is 0.220 e. The van der Waals surface area contributed by atoms with Crippen molar-refractivity contribution in [1.82, 2.24) is 5.32 Å². The predicted octanol–water partition coefficient (Wildman–Crippen LogP) is 5.83. The standard InChI is InChI=1S/C33H46N2O3/c1-5-22-35(2)23-21-32(28-16-12-17-30(24-28)37-3)25-29(19-20-33(32,26-35)38-4)34-31(36)18-11-7-10-15-27-13-8-6-9-14-27/h5-6,8-9,12-14,16-17,24,29H,1,7,10-11,15,18-23,25-26H2,2-4H3/p+1/t29-,32+,33?,35+/m1/s1. The van der Waals surface area contributed by atoms with Gasteiger partial charge in [-0.2, -0.15) is 0 Å². The Labute approximate surface area is 229 Å². The molecule has 0 aromatic heterocycles. The topological polar surface area (TPSA) is 47.6 Å². The zero-order chi connectivity index (χ0) is 27.1. The number of likely N-dealkylation sites (N-methyl/N-ethyl adjacent to an activating group) is 1. The van der Waals surface area contributed by atoms with Crippen LogP contribution in [0.5, 0.6) is 5.75 Å². The van der Waals surface area contributed by atoms with Crippen LogP contribution < -0.4 is 10.1 Å². The summed E-state index contributed by atoms with van der Waals surface area (Å²) in [5.74, 6) is 1.06. The van der Waals surface area contributed by atoms with Crippen LogP contribution in [0.1, 0.15) is 62.5 Å². The SMILES string of the molecule is C=CC[N@@+]1(C)CC[C@@]2(c3cccc(OC)c3)C[C@H](NC(=O)CCCCCc3ccccc3)CCC2(OC)C1. The number of ether oxygens (including phenoxy) is 2. The molecule has 1 aliphatic carbocycles. The number of unbranched alkanes of at least 4 members (excludes halogenated alkanes) is 2. The molecule has 2 aromatic rings. The fraction of sp³-hybridized carbons (Fsp3) is 0.545. The molecule has 5 heteroatoms. The molecule has 1 saturated carbocycles. The molecule has 1 amide bonds. The molecular formula is C33H47N2O3+. The van der Waals surface area contributed by atoms with Gasteiger partial charge in [-0.15, -0.1) is 0 Å². The molecule has 206 valence electrons. The molecule has 1 unspecified atom stereocenters. The molecule has 38 heavy (non-hydrogen) atoms. The first kappa shape index (κ1) is 28.4. The lowest BCUT2D eigenvalue weighted by molar-refractivity contribution is -0.918. The van der Waals surface area contributed by atoms with Crippen molar-refractivity contribution in [1.29, 1.82) is 0 Å². The van der Waals surface area contributed by atoms with Gasteiger partial charge in [0, 0.05) is 31.4 Å². The number of nitrogens with one attached hydrogen (secondary N) is 1. The summed E-state index contributed by atoms with van der Waals surface area (Å²) in [7, 11) is 5.93. The van der Waals surface area contributed by atoms with Crippen molar-refractivity contribution >= 4 is 5.91 Å². The Kier molecular flexibility index (Phi) is 9.32. The van der Waals surface area contributed by atoms with Crippen molar-refractivity contribution in [3.8, 4) is 5.75 Å². The zero-order valence-electron chi connectivity index (χ0n) is 23.7. The summed E-state index contributed by atoms with van der Waals surface area (Å²) in [4.78, 5) is 13.0. The van der Waals surface area contributed by atoms with Crippen LogP contribution in [-0.2, 0) is 21.4 Å². The maximum absolute atomic E-state index is 13.0. The summed E-state index contributed by atoms with van der Waals surface area (Å²) in [5, 5.41) is 3.42.